The van der Waals surface area contributed by atoms with E-state index in [-0.39, 0.29) is 22.8 Å². The summed E-state index contributed by atoms with van der Waals surface area (Å²) in [4.78, 5) is 23.3. The van der Waals surface area contributed by atoms with Crippen LogP contribution < -0.4 is 5.32 Å². The Morgan fingerprint density at radius 3 is 2.50 bits per heavy atom. The normalized spacial score (nSPS) is 10.3. The first kappa shape index (κ1) is 17.9. The van der Waals surface area contributed by atoms with Crippen molar-refractivity contribution in [3.8, 4) is 0 Å². The van der Waals surface area contributed by atoms with Gasteiger partial charge in [0.1, 0.15) is 11.6 Å². The van der Waals surface area contributed by atoms with Crippen molar-refractivity contribution < 1.29 is 23.1 Å². The molecule has 0 unspecified atom stereocenters. The van der Waals surface area contributed by atoms with Gasteiger partial charge in [0.05, 0.1) is 24.1 Å². The average molecular weight is 351 g/mol. The van der Waals surface area contributed by atoms with Gasteiger partial charge in [-0.3, -0.25) is 4.79 Å². The van der Waals surface area contributed by atoms with Crippen LogP contribution in [0.1, 0.15) is 15.9 Å². The number of hydrogen-bond donors (Lipinski definition) is 1. The number of nitrogens with one attached hydrogen (secondary N) is 1. The molecule has 0 radical (unpaired) electrons. The van der Waals surface area contributed by atoms with E-state index in [0.29, 0.717) is 5.75 Å². The van der Waals surface area contributed by atoms with E-state index in [9.17, 15) is 18.4 Å². The van der Waals surface area contributed by atoms with Crippen LogP contribution in [0.5, 0.6) is 0 Å². The molecule has 0 spiro atoms. The minimum atomic E-state index is -0.639. The van der Waals surface area contributed by atoms with Crippen LogP contribution in [0.15, 0.2) is 42.5 Å². The van der Waals surface area contributed by atoms with Crippen molar-refractivity contribution in [1.82, 2.24) is 0 Å². The van der Waals surface area contributed by atoms with Crippen molar-refractivity contribution in [3.63, 3.8) is 0 Å². The molecule has 0 saturated carbocycles. The number of rotatable bonds is 6. The quantitative estimate of drug-likeness (QED) is 0.808. The molecule has 2 rings (SSSR count). The molecule has 0 aliphatic rings. The van der Waals surface area contributed by atoms with Crippen molar-refractivity contribution in [3.05, 3.63) is 65.2 Å². The number of amides is 1. The van der Waals surface area contributed by atoms with Crippen LogP contribution in [0.3, 0.4) is 0 Å². The summed E-state index contributed by atoms with van der Waals surface area (Å²) >= 11 is 1.31. The lowest BCUT2D eigenvalue weighted by Gasteiger charge is -2.08. The van der Waals surface area contributed by atoms with Crippen LogP contribution in [-0.2, 0) is 15.3 Å². The molecule has 0 aliphatic carbocycles. The van der Waals surface area contributed by atoms with Gasteiger partial charge < -0.3 is 10.1 Å². The van der Waals surface area contributed by atoms with Gasteiger partial charge in [-0.1, -0.05) is 12.1 Å². The zero-order chi connectivity index (χ0) is 17.5. The molecule has 2 aromatic carbocycles. The van der Waals surface area contributed by atoms with Crippen LogP contribution in [0.2, 0.25) is 0 Å². The van der Waals surface area contributed by atoms with Crippen LogP contribution >= 0.6 is 11.8 Å². The standard InChI is InChI=1S/C17H15F2NO3S/c1-23-17(22)12-4-7-14(19)15(8-12)20-16(21)10-24-9-11-2-5-13(18)6-3-11/h2-8H,9-10H2,1H3,(H,20,21). The highest BCUT2D eigenvalue weighted by Crippen LogP contribution is 2.18. The molecule has 1 amide bonds. The van der Waals surface area contributed by atoms with Crippen LogP contribution in [0, 0.1) is 11.6 Å². The van der Waals surface area contributed by atoms with Gasteiger partial charge in [0.2, 0.25) is 5.91 Å². The van der Waals surface area contributed by atoms with Crippen LogP contribution in [-0.4, -0.2) is 24.7 Å². The lowest BCUT2D eigenvalue weighted by molar-refractivity contribution is -0.113. The number of halogens is 2. The van der Waals surface area contributed by atoms with Gasteiger partial charge in [0.25, 0.3) is 0 Å². The second-order valence-corrected chi connectivity index (χ2v) is 5.84. The summed E-state index contributed by atoms with van der Waals surface area (Å²) in [5.74, 6) is -1.35. The Hall–Kier alpha value is -2.41. The Morgan fingerprint density at radius 2 is 1.83 bits per heavy atom. The third-order valence-corrected chi connectivity index (χ3v) is 4.08. The summed E-state index contributed by atoms with van der Waals surface area (Å²) in [5, 5.41) is 2.42. The highest BCUT2D eigenvalue weighted by Gasteiger charge is 2.12. The Labute approximate surface area is 142 Å². The van der Waals surface area contributed by atoms with Gasteiger partial charge in [-0.05, 0) is 35.9 Å². The van der Waals surface area contributed by atoms with E-state index < -0.39 is 17.7 Å². The first-order valence-corrected chi connectivity index (χ1v) is 8.15. The Morgan fingerprint density at radius 1 is 1.12 bits per heavy atom. The molecule has 0 saturated heterocycles. The second kappa shape index (κ2) is 8.44. The molecule has 0 aliphatic heterocycles. The first-order valence-electron chi connectivity index (χ1n) is 6.99. The fourth-order valence-corrected chi connectivity index (χ4v) is 2.68. The zero-order valence-corrected chi connectivity index (χ0v) is 13.7. The number of carbonyl (C=O) groups is 2. The van der Waals surface area contributed by atoms with E-state index >= 15 is 0 Å². The maximum absolute atomic E-state index is 13.7. The van der Waals surface area contributed by atoms with Crippen molar-refractivity contribution in [2.24, 2.45) is 0 Å². The Balaban J connectivity index is 1.90. The molecule has 0 atom stereocenters. The molecule has 7 heteroatoms. The van der Waals surface area contributed by atoms with Crippen molar-refractivity contribution in [1.29, 1.82) is 0 Å². The summed E-state index contributed by atoms with van der Waals surface area (Å²) in [7, 11) is 1.22. The SMILES string of the molecule is COC(=O)c1ccc(F)c(NC(=O)CSCc2ccc(F)cc2)c1. The maximum Gasteiger partial charge on any atom is 0.337 e. The van der Waals surface area contributed by atoms with E-state index in [1.807, 2.05) is 0 Å². The topological polar surface area (TPSA) is 55.4 Å². The maximum atomic E-state index is 13.7. The zero-order valence-electron chi connectivity index (χ0n) is 12.8. The molecule has 126 valence electrons. The van der Waals surface area contributed by atoms with Gasteiger partial charge in [-0.2, -0.15) is 0 Å². The summed E-state index contributed by atoms with van der Waals surface area (Å²) < 4.78 is 31.1. The number of benzene rings is 2. The van der Waals surface area contributed by atoms with Gasteiger partial charge in [-0.25, -0.2) is 13.6 Å². The van der Waals surface area contributed by atoms with Crippen LogP contribution in [0.25, 0.3) is 0 Å². The van der Waals surface area contributed by atoms with E-state index in [1.165, 1.54) is 43.1 Å². The number of methoxy groups -OCH3 is 1. The molecule has 1 N–H and O–H groups in total. The minimum absolute atomic E-state index is 0.0784. The highest BCUT2D eigenvalue weighted by atomic mass is 32.2. The van der Waals surface area contributed by atoms with Crippen LogP contribution in [0.4, 0.5) is 14.5 Å². The van der Waals surface area contributed by atoms with E-state index in [4.69, 9.17) is 0 Å². The Bertz CT molecular complexity index is 735. The minimum Gasteiger partial charge on any atom is -0.465 e. The average Bonchev–Trinajstić information content (AvgIpc) is 2.58. The van der Waals surface area contributed by atoms with Crippen molar-refractivity contribution >= 4 is 29.3 Å². The molecular formula is C17H15F2NO3S. The summed E-state index contributed by atoms with van der Waals surface area (Å²) in [6.07, 6.45) is 0. The van der Waals surface area contributed by atoms with Gasteiger partial charge >= 0.3 is 5.97 Å². The predicted octanol–water partition coefficient (Wildman–Crippen LogP) is 3.62. The smallest absolute Gasteiger partial charge is 0.337 e. The molecular weight excluding hydrogens is 336 g/mol. The molecule has 0 heterocycles. The van der Waals surface area contributed by atoms with E-state index in [1.54, 1.807) is 12.1 Å². The molecule has 4 nitrogen and oxygen atoms in total. The molecule has 0 aromatic heterocycles. The number of hydrogen-bond acceptors (Lipinski definition) is 4. The fourth-order valence-electron chi connectivity index (χ4n) is 1.89. The summed E-state index contributed by atoms with van der Waals surface area (Å²) in [5.41, 5.74) is 0.950. The van der Waals surface area contributed by atoms with Gasteiger partial charge in [-0.15, -0.1) is 11.8 Å². The summed E-state index contributed by atoms with van der Waals surface area (Å²) in [6.45, 7) is 0. The van der Waals surface area contributed by atoms with E-state index in [0.717, 1.165) is 11.6 Å². The molecule has 0 fully saturated rings. The lowest BCUT2D eigenvalue weighted by Crippen LogP contribution is -2.16. The largest absolute Gasteiger partial charge is 0.465 e. The number of anilines is 1. The second-order valence-electron chi connectivity index (χ2n) is 4.85. The Kier molecular flexibility index (Phi) is 6.31. The number of ether oxygens (including phenoxy) is 1. The van der Waals surface area contributed by atoms with Gasteiger partial charge in [0.15, 0.2) is 0 Å². The van der Waals surface area contributed by atoms with Crippen molar-refractivity contribution in [2.75, 3.05) is 18.2 Å². The van der Waals surface area contributed by atoms with Gasteiger partial charge in [0, 0.05) is 5.75 Å². The highest BCUT2D eigenvalue weighted by molar-refractivity contribution is 7.99. The number of thioether (sulfide) groups is 1. The first-order chi connectivity index (χ1) is 11.5. The molecule has 0 bridgehead atoms. The van der Waals surface area contributed by atoms with E-state index in [2.05, 4.69) is 10.1 Å². The lowest BCUT2D eigenvalue weighted by atomic mass is 10.2. The third-order valence-electron chi connectivity index (χ3n) is 3.08. The third kappa shape index (κ3) is 5.06. The fraction of sp³-hybridized carbons (Fsp3) is 0.176. The monoisotopic (exact) mass is 351 g/mol. The number of carbonyl (C=O) groups excluding carboxylic acids is 2. The molecule has 2 aromatic rings. The predicted molar refractivity (Wildman–Crippen MR) is 88.9 cm³/mol. The van der Waals surface area contributed by atoms with Crippen molar-refractivity contribution in [2.45, 2.75) is 5.75 Å². The summed E-state index contributed by atoms with van der Waals surface area (Å²) in [6, 6.07) is 9.57. The number of esters is 1. The molecule has 24 heavy (non-hydrogen) atoms.